The molecular weight excluding hydrogens is 222 g/mol. The second-order valence-electron chi connectivity index (χ2n) is 4.83. The van der Waals surface area contributed by atoms with E-state index in [-0.39, 0.29) is 0 Å². The van der Waals surface area contributed by atoms with E-state index in [4.69, 9.17) is 11.6 Å². The first-order chi connectivity index (χ1) is 7.63. The van der Waals surface area contributed by atoms with Crippen molar-refractivity contribution in [2.45, 2.75) is 26.2 Å². The van der Waals surface area contributed by atoms with Crippen molar-refractivity contribution in [2.24, 2.45) is 18.9 Å². The molecule has 1 aromatic heterocycles. The highest BCUT2D eigenvalue weighted by atomic mass is 35.5. The van der Waals surface area contributed by atoms with Gasteiger partial charge in [-0.15, -0.1) is 0 Å². The fraction of sp³-hybridized carbons (Fsp3) is 0.750. The van der Waals surface area contributed by atoms with E-state index in [1.807, 2.05) is 25.7 Å². The van der Waals surface area contributed by atoms with Gasteiger partial charge >= 0.3 is 0 Å². The van der Waals surface area contributed by atoms with Crippen LogP contribution in [-0.4, -0.2) is 23.4 Å². The van der Waals surface area contributed by atoms with Crippen molar-refractivity contribution < 1.29 is 0 Å². The highest BCUT2D eigenvalue weighted by Crippen LogP contribution is 2.37. The lowest BCUT2D eigenvalue weighted by atomic mass is 9.71. The van der Waals surface area contributed by atoms with Gasteiger partial charge in [-0.25, -0.2) is 0 Å². The van der Waals surface area contributed by atoms with Crippen LogP contribution in [0.3, 0.4) is 0 Å². The van der Waals surface area contributed by atoms with Gasteiger partial charge in [-0.05, 0) is 51.6 Å². The third-order valence-electron chi connectivity index (χ3n) is 3.76. The topological polar surface area (TPSA) is 29.9 Å². The van der Waals surface area contributed by atoms with Gasteiger partial charge in [-0.2, -0.15) is 5.10 Å². The van der Waals surface area contributed by atoms with Crippen LogP contribution in [0.1, 0.15) is 24.2 Å². The molecule has 0 aromatic carbocycles. The van der Waals surface area contributed by atoms with Gasteiger partial charge in [0.1, 0.15) is 0 Å². The van der Waals surface area contributed by atoms with Gasteiger partial charge in [0.25, 0.3) is 0 Å². The molecule has 0 amide bonds. The number of aromatic nitrogens is 2. The summed E-state index contributed by atoms with van der Waals surface area (Å²) in [4.78, 5) is 0. The highest BCUT2D eigenvalue weighted by molar-refractivity contribution is 6.31. The molecule has 1 aliphatic carbocycles. The Balaban J connectivity index is 2.04. The lowest BCUT2D eigenvalue weighted by Crippen LogP contribution is -2.35. The lowest BCUT2D eigenvalue weighted by molar-refractivity contribution is 0.171. The maximum Gasteiger partial charge on any atom is 0.0847 e. The van der Waals surface area contributed by atoms with E-state index in [1.165, 1.54) is 18.5 Å². The van der Waals surface area contributed by atoms with Crippen LogP contribution in [0, 0.1) is 18.8 Å². The van der Waals surface area contributed by atoms with Crippen LogP contribution >= 0.6 is 11.6 Å². The van der Waals surface area contributed by atoms with E-state index in [2.05, 4.69) is 10.4 Å². The monoisotopic (exact) mass is 241 g/mol. The molecule has 0 radical (unpaired) electrons. The molecule has 1 heterocycles. The van der Waals surface area contributed by atoms with Crippen LogP contribution in [0.4, 0.5) is 0 Å². The molecule has 2 unspecified atom stereocenters. The predicted molar refractivity (Wildman–Crippen MR) is 66.8 cm³/mol. The highest BCUT2D eigenvalue weighted by Gasteiger charge is 2.31. The number of hydrogen-bond acceptors (Lipinski definition) is 2. The molecule has 1 aliphatic rings. The van der Waals surface area contributed by atoms with Crippen molar-refractivity contribution in [3.63, 3.8) is 0 Å². The maximum atomic E-state index is 6.27. The fourth-order valence-corrected chi connectivity index (χ4v) is 2.83. The van der Waals surface area contributed by atoms with Gasteiger partial charge in [0.05, 0.1) is 16.4 Å². The number of nitrogens with zero attached hydrogens (tertiary/aromatic N) is 2. The molecule has 2 atom stereocenters. The Morgan fingerprint density at radius 2 is 2.12 bits per heavy atom. The Morgan fingerprint density at radius 1 is 1.44 bits per heavy atom. The zero-order valence-corrected chi connectivity index (χ0v) is 11.0. The molecule has 1 saturated carbocycles. The van der Waals surface area contributed by atoms with Crippen molar-refractivity contribution >= 4 is 11.6 Å². The van der Waals surface area contributed by atoms with Gasteiger partial charge in [0.15, 0.2) is 0 Å². The third-order valence-corrected chi connectivity index (χ3v) is 4.25. The molecule has 4 heteroatoms. The molecule has 0 saturated heterocycles. The van der Waals surface area contributed by atoms with Crippen molar-refractivity contribution in [2.75, 3.05) is 13.6 Å². The first-order valence-corrected chi connectivity index (χ1v) is 6.33. The Morgan fingerprint density at radius 3 is 2.56 bits per heavy atom. The summed E-state index contributed by atoms with van der Waals surface area (Å²) in [5.74, 6) is 1.59. The Kier molecular flexibility index (Phi) is 3.55. The molecule has 90 valence electrons. The minimum Gasteiger partial charge on any atom is -0.319 e. The normalized spacial score (nSPS) is 24.5. The van der Waals surface area contributed by atoms with Gasteiger partial charge in [-0.1, -0.05) is 11.6 Å². The van der Waals surface area contributed by atoms with Crippen molar-refractivity contribution in [1.29, 1.82) is 0 Å². The molecular formula is C12H20ClN3. The minimum absolute atomic E-state index is 0.778. The number of halogens is 1. The smallest absolute Gasteiger partial charge is 0.0847 e. The summed E-state index contributed by atoms with van der Waals surface area (Å²) in [5.41, 5.74) is 2.15. The second-order valence-corrected chi connectivity index (χ2v) is 5.21. The molecule has 1 fully saturated rings. The van der Waals surface area contributed by atoms with E-state index in [9.17, 15) is 0 Å². The lowest BCUT2D eigenvalue weighted by Gasteiger charge is -2.36. The van der Waals surface area contributed by atoms with Crippen LogP contribution in [0.5, 0.6) is 0 Å². The zero-order chi connectivity index (χ0) is 11.7. The number of aryl methyl sites for hydroxylation is 2. The first-order valence-electron chi connectivity index (χ1n) is 5.96. The molecule has 16 heavy (non-hydrogen) atoms. The van der Waals surface area contributed by atoms with Crippen LogP contribution in [0.2, 0.25) is 5.02 Å². The van der Waals surface area contributed by atoms with Crippen LogP contribution in [0.25, 0.3) is 0 Å². The van der Waals surface area contributed by atoms with E-state index >= 15 is 0 Å². The van der Waals surface area contributed by atoms with Gasteiger partial charge in [-0.3, -0.25) is 4.68 Å². The summed E-state index contributed by atoms with van der Waals surface area (Å²) in [6.07, 6.45) is 3.75. The summed E-state index contributed by atoms with van der Waals surface area (Å²) >= 11 is 6.27. The molecule has 3 nitrogen and oxygen atoms in total. The molecule has 1 N–H and O–H groups in total. The summed E-state index contributed by atoms with van der Waals surface area (Å²) in [5, 5.41) is 8.49. The molecule has 1 aromatic rings. The van der Waals surface area contributed by atoms with Crippen LogP contribution in [0.15, 0.2) is 0 Å². The number of rotatable bonds is 4. The van der Waals surface area contributed by atoms with Crippen LogP contribution in [-0.2, 0) is 13.5 Å². The summed E-state index contributed by atoms with van der Waals surface area (Å²) in [6, 6.07) is 0. The summed E-state index contributed by atoms with van der Waals surface area (Å²) in [7, 11) is 4.01. The largest absolute Gasteiger partial charge is 0.319 e. The summed E-state index contributed by atoms with van der Waals surface area (Å²) in [6.45, 7) is 3.09. The molecule has 2 rings (SSSR count). The van der Waals surface area contributed by atoms with Crippen molar-refractivity contribution in [1.82, 2.24) is 15.1 Å². The first kappa shape index (κ1) is 11.9. The summed E-state index contributed by atoms with van der Waals surface area (Å²) < 4.78 is 1.94. The fourth-order valence-electron chi connectivity index (χ4n) is 2.59. The standard InChI is InChI=1S/C12H20ClN3/c1-8-12(13)11(16(3)15-8)6-9-4-5-10(9)7-14-2/h9-10,14H,4-7H2,1-3H3. The van der Waals surface area contributed by atoms with Gasteiger partial charge < -0.3 is 5.32 Å². The quantitative estimate of drug-likeness (QED) is 0.876. The zero-order valence-electron chi connectivity index (χ0n) is 10.3. The third kappa shape index (κ3) is 2.11. The molecule has 0 aliphatic heterocycles. The average molecular weight is 242 g/mol. The number of hydrogen-bond donors (Lipinski definition) is 1. The van der Waals surface area contributed by atoms with Gasteiger partial charge in [0, 0.05) is 7.05 Å². The van der Waals surface area contributed by atoms with E-state index < -0.39 is 0 Å². The van der Waals surface area contributed by atoms with E-state index in [0.717, 1.165) is 35.5 Å². The van der Waals surface area contributed by atoms with Crippen molar-refractivity contribution in [3.05, 3.63) is 16.4 Å². The van der Waals surface area contributed by atoms with Gasteiger partial charge in [0.2, 0.25) is 0 Å². The Bertz CT molecular complexity index is 373. The molecule has 0 bridgehead atoms. The predicted octanol–water partition coefficient (Wildman–Crippen LogP) is 2.17. The average Bonchev–Trinajstić information content (AvgIpc) is 2.46. The maximum absolute atomic E-state index is 6.27. The Labute approximate surface area is 102 Å². The van der Waals surface area contributed by atoms with E-state index in [1.54, 1.807) is 0 Å². The van der Waals surface area contributed by atoms with Crippen molar-refractivity contribution in [3.8, 4) is 0 Å². The Hall–Kier alpha value is -0.540. The van der Waals surface area contributed by atoms with E-state index in [0.29, 0.717) is 0 Å². The molecule has 0 spiro atoms. The number of nitrogens with one attached hydrogen (secondary N) is 1. The SMILES string of the molecule is CNCC1CCC1Cc1c(Cl)c(C)nn1C. The minimum atomic E-state index is 0.778. The second kappa shape index (κ2) is 4.76. The van der Waals surface area contributed by atoms with Crippen LogP contribution < -0.4 is 5.32 Å².